The van der Waals surface area contributed by atoms with E-state index in [4.69, 9.17) is 14.6 Å². The number of amides is 2. The van der Waals surface area contributed by atoms with Crippen LogP contribution in [0, 0.1) is 0 Å². The van der Waals surface area contributed by atoms with Gasteiger partial charge >= 0.3 is 6.03 Å². The van der Waals surface area contributed by atoms with Crippen molar-refractivity contribution in [2.24, 2.45) is 0 Å². The van der Waals surface area contributed by atoms with E-state index < -0.39 is 16.1 Å². The number of morpholine rings is 1. The molecule has 3 heterocycles. The fourth-order valence-corrected chi connectivity index (χ4v) is 5.49. The highest BCUT2D eigenvalue weighted by molar-refractivity contribution is 7.89. The number of rotatable bonds is 10. The van der Waals surface area contributed by atoms with Crippen molar-refractivity contribution >= 4 is 27.6 Å². The average Bonchev–Trinajstić information content (AvgIpc) is 3.43. The van der Waals surface area contributed by atoms with Crippen LogP contribution in [0.15, 0.2) is 84.0 Å². The number of carbonyl (C=O) groups is 1. The lowest BCUT2D eigenvalue weighted by atomic mass is 9.92. The minimum Gasteiger partial charge on any atom is -0.457 e. The zero-order valence-electron chi connectivity index (χ0n) is 25.0. The zero-order chi connectivity index (χ0) is 31.2. The molecule has 4 aromatic rings. The lowest BCUT2D eigenvalue weighted by molar-refractivity contribution is 0.0390. The number of urea groups is 1. The van der Waals surface area contributed by atoms with E-state index in [0.717, 1.165) is 18.8 Å². The van der Waals surface area contributed by atoms with Crippen molar-refractivity contribution in [1.29, 1.82) is 0 Å². The van der Waals surface area contributed by atoms with Crippen molar-refractivity contribution in [3.05, 3.63) is 84.8 Å². The lowest BCUT2D eigenvalue weighted by Gasteiger charge is -2.26. The van der Waals surface area contributed by atoms with Crippen molar-refractivity contribution < 1.29 is 22.7 Å². The Morgan fingerprint density at radius 1 is 0.932 bits per heavy atom. The van der Waals surface area contributed by atoms with E-state index in [1.165, 1.54) is 12.1 Å². The first-order chi connectivity index (χ1) is 21.1. The Labute approximate surface area is 257 Å². The molecule has 2 amide bonds. The molecule has 0 spiro atoms. The highest BCUT2D eigenvalue weighted by Crippen LogP contribution is 2.27. The van der Waals surface area contributed by atoms with Crippen molar-refractivity contribution in [1.82, 2.24) is 24.4 Å². The summed E-state index contributed by atoms with van der Waals surface area (Å²) in [7, 11) is -3.69. The molecule has 0 unspecified atom stereocenters. The summed E-state index contributed by atoms with van der Waals surface area (Å²) in [5, 5.41) is 10.4. The van der Waals surface area contributed by atoms with E-state index >= 15 is 0 Å². The summed E-state index contributed by atoms with van der Waals surface area (Å²) in [5.41, 5.74) is 1.63. The van der Waals surface area contributed by atoms with Gasteiger partial charge in [-0.15, -0.1) is 0 Å². The van der Waals surface area contributed by atoms with E-state index in [0.29, 0.717) is 55.0 Å². The second kappa shape index (κ2) is 13.6. The third-order valence-corrected chi connectivity index (χ3v) is 8.41. The van der Waals surface area contributed by atoms with Gasteiger partial charge in [0, 0.05) is 55.7 Å². The summed E-state index contributed by atoms with van der Waals surface area (Å²) in [4.78, 5) is 19.3. The Bertz CT molecular complexity index is 1650. The number of nitrogens with zero attached hydrogens (tertiary/aromatic N) is 4. The number of nitrogens with one attached hydrogen (secondary N) is 3. The van der Waals surface area contributed by atoms with Gasteiger partial charge in [-0.05, 0) is 60.7 Å². The van der Waals surface area contributed by atoms with Crippen LogP contribution in [-0.2, 0) is 20.2 Å². The molecule has 0 bridgehead atoms. The molecule has 2 aromatic heterocycles. The van der Waals surface area contributed by atoms with Gasteiger partial charge in [0.15, 0.2) is 0 Å². The van der Waals surface area contributed by atoms with Gasteiger partial charge in [-0.3, -0.25) is 15.2 Å². The molecule has 1 saturated heterocycles. The van der Waals surface area contributed by atoms with E-state index in [2.05, 4.69) is 25.2 Å². The number of anilines is 2. The minimum absolute atomic E-state index is 0.148. The van der Waals surface area contributed by atoms with Crippen molar-refractivity contribution in [3.8, 4) is 17.2 Å². The molecule has 1 aliphatic heterocycles. The van der Waals surface area contributed by atoms with Gasteiger partial charge in [0.1, 0.15) is 17.3 Å². The second-order valence-electron chi connectivity index (χ2n) is 11.3. The molecule has 0 saturated carbocycles. The van der Waals surface area contributed by atoms with Crippen LogP contribution in [0.4, 0.5) is 16.3 Å². The summed E-state index contributed by atoms with van der Waals surface area (Å²) in [5.74, 6) is 1.71. The summed E-state index contributed by atoms with van der Waals surface area (Å²) in [6, 6.07) is 18.2. The van der Waals surface area contributed by atoms with E-state index in [9.17, 15) is 13.2 Å². The van der Waals surface area contributed by atoms with Gasteiger partial charge in [-0.2, -0.15) is 5.10 Å². The normalized spacial score (nSPS) is 14.2. The highest BCUT2D eigenvalue weighted by Gasteiger charge is 2.22. The monoisotopic (exact) mass is 619 g/mol. The van der Waals surface area contributed by atoms with Gasteiger partial charge in [0.25, 0.3) is 0 Å². The molecule has 2 aromatic carbocycles. The zero-order valence-corrected chi connectivity index (χ0v) is 25.8. The van der Waals surface area contributed by atoms with E-state index in [1.54, 1.807) is 65.6 Å². The number of ether oxygens (including phenoxy) is 2. The largest absolute Gasteiger partial charge is 0.457 e. The number of hydrogen-bond donors (Lipinski definition) is 3. The molecule has 12 nitrogen and oxygen atoms in total. The average molecular weight is 620 g/mol. The summed E-state index contributed by atoms with van der Waals surface area (Å²) >= 11 is 0. The molecule has 0 atom stereocenters. The topological polar surface area (TPSA) is 140 Å². The van der Waals surface area contributed by atoms with Crippen LogP contribution in [0.2, 0.25) is 0 Å². The van der Waals surface area contributed by atoms with Crippen molar-refractivity contribution in [3.63, 3.8) is 0 Å². The molecular formula is C31H37N7O5S. The Balaban J connectivity index is 1.25. The van der Waals surface area contributed by atoms with E-state index in [1.807, 2.05) is 26.8 Å². The number of benzene rings is 2. The van der Waals surface area contributed by atoms with Gasteiger partial charge in [0.2, 0.25) is 10.0 Å². The Morgan fingerprint density at radius 2 is 1.59 bits per heavy atom. The molecule has 0 aliphatic carbocycles. The van der Waals surface area contributed by atoms with E-state index in [-0.39, 0.29) is 10.3 Å². The lowest BCUT2D eigenvalue weighted by Crippen LogP contribution is -2.41. The van der Waals surface area contributed by atoms with Crippen molar-refractivity contribution in [2.45, 2.75) is 31.1 Å². The standard InChI is InChI=1S/C31H37N7O5S/c1-31(2,3)28-22-29(35-30(39)34-23-4-8-25(9-5-23)43-26-12-14-32-15-13-26)38(36-28)24-6-10-27(11-7-24)44(40,41)33-16-17-37-18-20-42-21-19-37/h4-15,22,33H,16-21H2,1-3H3,(H2,34,35,39). The maximum Gasteiger partial charge on any atom is 0.324 e. The molecule has 1 aliphatic rings. The van der Waals surface area contributed by atoms with Crippen LogP contribution in [0.25, 0.3) is 5.69 Å². The Kier molecular flexibility index (Phi) is 9.59. The van der Waals surface area contributed by atoms with Gasteiger partial charge in [-0.25, -0.2) is 22.6 Å². The second-order valence-corrected chi connectivity index (χ2v) is 13.1. The van der Waals surface area contributed by atoms with Gasteiger partial charge < -0.3 is 14.8 Å². The number of aromatic nitrogens is 3. The summed E-state index contributed by atoms with van der Waals surface area (Å²) in [6.07, 6.45) is 3.29. The molecular weight excluding hydrogens is 582 g/mol. The summed E-state index contributed by atoms with van der Waals surface area (Å²) < 4.78 is 41.2. The van der Waals surface area contributed by atoms with Crippen LogP contribution < -0.4 is 20.1 Å². The van der Waals surface area contributed by atoms with Gasteiger partial charge in [0.05, 0.1) is 29.5 Å². The predicted molar refractivity (Wildman–Crippen MR) is 168 cm³/mol. The third-order valence-electron chi connectivity index (χ3n) is 6.93. The molecule has 13 heteroatoms. The number of pyridine rings is 1. The van der Waals surface area contributed by atoms with Crippen LogP contribution in [0.5, 0.6) is 11.5 Å². The van der Waals surface area contributed by atoms with Crippen molar-refractivity contribution in [2.75, 3.05) is 50.0 Å². The maximum absolute atomic E-state index is 13.0. The number of carbonyl (C=O) groups excluding carboxylic acids is 1. The first-order valence-electron chi connectivity index (χ1n) is 14.3. The molecule has 44 heavy (non-hydrogen) atoms. The first-order valence-corrected chi connectivity index (χ1v) is 15.8. The number of hydrogen-bond acceptors (Lipinski definition) is 8. The fraction of sp³-hybridized carbons (Fsp3) is 0.323. The fourth-order valence-electron chi connectivity index (χ4n) is 4.47. The molecule has 1 fully saturated rings. The van der Waals surface area contributed by atoms with Crippen LogP contribution in [0.1, 0.15) is 26.5 Å². The molecule has 3 N–H and O–H groups in total. The van der Waals surface area contributed by atoms with Crippen LogP contribution >= 0.6 is 0 Å². The molecule has 232 valence electrons. The maximum atomic E-state index is 13.0. The number of sulfonamides is 1. The smallest absolute Gasteiger partial charge is 0.324 e. The summed E-state index contributed by atoms with van der Waals surface area (Å²) in [6.45, 7) is 9.90. The minimum atomic E-state index is -3.69. The third kappa shape index (κ3) is 8.20. The van der Waals surface area contributed by atoms with Crippen LogP contribution in [-0.4, -0.2) is 73.5 Å². The first kappa shape index (κ1) is 31.1. The highest BCUT2D eigenvalue weighted by atomic mass is 32.2. The Morgan fingerprint density at radius 3 is 2.25 bits per heavy atom. The molecule has 5 rings (SSSR count). The van der Waals surface area contributed by atoms with Crippen LogP contribution in [0.3, 0.4) is 0 Å². The predicted octanol–water partition coefficient (Wildman–Crippen LogP) is 4.61. The molecule has 0 radical (unpaired) electrons. The van der Waals surface area contributed by atoms with Gasteiger partial charge in [-0.1, -0.05) is 20.8 Å². The quantitative estimate of drug-likeness (QED) is 0.234. The SMILES string of the molecule is CC(C)(C)c1cc(NC(=O)Nc2ccc(Oc3ccncc3)cc2)n(-c2ccc(S(=O)(=O)NCCN3CCOCC3)cc2)n1. The Hall–Kier alpha value is -4.30.